The summed E-state index contributed by atoms with van der Waals surface area (Å²) in [6.45, 7) is 2.73. The van der Waals surface area contributed by atoms with Gasteiger partial charge >= 0.3 is 0 Å². The molecule has 0 unspecified atom stereocenters. The van der Waals surface area contributed by atoms with E-state index in [0.717, 1.165) is 10.7 Å². The number of hydrogen-bond donors (Lipinski definition) is 0. The first-order valence-corrected chi connectivity index (χ1v) is 10.0. The monoisotopic (exact) mass is 389 g/mol. The van der Waals surface area contributed by atoms with E-state index < -0.39 is 0 Å². The third kappa shape index (κ3) is 3.99. The highest BCUT2D eigenvalue weighted by molar-refractivity contribution is 7.99. The molecule has 4 aromatic rings. The molecule has 1 aromatic heterocycles. The number of hydrogen-bond acceptors (Lipinski definition) is 3. The minimum Gasteiger partial charge on any atom is -0.297 e. The third-order valence-corrected chi connectivity index (χ3v) is 5.70. The van der Waals surface area contributed by atoms with Gasteiger partial charge in [0.1, 0.15) is 5.82 Å². The van der Waals surface area contributed by atoms with E-state index in [1.165, 1.54) is 11.6 Å². The molecule has 0 radical (unpaired) electrons. The highest BCUT2D eigenvalue weighted by atomic mass is 32.2. The van der Waals surface area contributed by atoms with Crippen LogP contribution in [-0.4, -0.2) is 14.8 Å². The van der Waals surface area contributed by atoms with Crippen LogP contribution in [-0.2, 0) is 6.54 Å². The maximum absolute atomic E-state index is 14.4. The number of halogens is 1. The van der Waals surface area contributed by atoms with E-state index in [1.54, 1.807) is 23.9 Å². The van der Waals surface area contributed by atoms with Crippen molar-refractivity contribution in [2.24, 2.45) is 0 Å². The van der Waals surface area contributed by atoms with E-state index >= 15 is 0 Å². The Morgan fingerprint density at radius 1 is 0.857 bits per heavy atom. The quantitative estimate of drug-likeness (QED) is 0.380. The van der Waals surface area contributed by atoms with Crippen LogP contribution in [0, 0.1) is 5.82 Å². The normalized spacial score (nSPS) is 12.1. The average molecular weight is 389 g/mol. The maximum atomic E-state index is 14.4. The fraction of sp³-hybridized carbons (Fsp3) is 0.130. The highest BCUT2D eigenvalue weighted by Gasteiger charge is 2.19. The second-order valence-electron chi connectivity index (χ2n) is 6.53. The van der Waals surface area contributed by atoms with Gasteiger partial charge in [0.2, 0.25) is 0 Å². The van der Waals surface area contributed by atoms with Gasteiger partial charge < -0.3 is 0 Å². The van der Waals surface area contributed by atoms with Crippen LogP contribution in [0.3, 0.4) is 0 Å². The lowest BCUT2D eigenvalue weighted by atomic mass is 10.2. The molecule has 0 saturated carbocycles. The van der Waals surface area contributed by atoms with Crippen LogP contribution in [0.2, 0.25) is 0 Å². The molecule has 3 aromatic carbocycles. The van der Waals surface area contributed by atoms with Crippen molar-refractivity contribution in [2.45, 2.75) is 23.9 Å². The van der Waals surface area contributed by atoms with Crippen molar-refractivity contribution >= 4 is 11.8 Å². The minimum atomic E-state index is -0.295. The van der Waals surface area contributed by atoms with Crippen LogP contribution < -0.4 is 0 Å². The molecule has 0 amide bonds. The Labute approximate surface area is 168 Å². The van der Waals surface area contributed by atoms with Crippen molar-refractivity contribution in [1.82, 2.24) is 14.8 Å². The van der Waals surface area contributed by atoms with Gasteiger partial charge in [-0.1, -0.05) is 84.6 Å². The fourth-order valence-corrected chi connectivity index (χ4v) is 4.05. The van der Waals surface area contributed by atoms with Gasteiger partial charge in [0.15, 0.2) is 11.0 Å². The topological polar surface area (TPSA) is 30.7 Å². The second kappa shape index (κ2) is 8.40. The van der Waals surface area contributed by atoms with Crippen molar-refractivity contribution in [3.63, 3.8) is 0 Å². The Morgan fingerprint density at radius 3 is 2.21 bits per heavy atom. The summed E-state index contributed by atoms with van der Waals surface area (Å²) in [7, 11) is 0. The maximum Gasteiger partial charge on any atom is 0.192 e. The van der Waals surface area contributed by atoms with Gasteiger partial charge in [-0.2, -0.15) is 0 Å². The van der Waals surface area contributed by atoms with E-state index in [0.29, 0.717) is 17.9 Å². The summed E-state index contributed by atoms with van der Waals surface area (Å²) >= 11 is 1.63. The Morgan fingerprint density at radius 2 is 1.50 bits per heavy atom. The average Bonchev–Trinajstić information content (AvgIpc) is 3.11. The number of benzene rings is 3. The van der Waals surface area contributed by atoms with Crippen LogP contribution in [0.1, 0.15) is 23.3 Å². The Bertz CT molecular complexity index is 1050. The van der Waals surface area contributed by atoms with Crippen molar-refractivity contribution in [2.75, 3.05) is 0 Å². The SMILES string of the molecule is C[C@H](Sc1nnc(-c2ccccc2F)n1Cc1ccccc1)c1ccccc1. The fourth-order valence-electron chi connectivity index (χ4n) is 3.08. The Hall–Kier alpha value is -2.92. The molecule has 0 aliphatic rings. The van der Waals surface area contributed by atoms with Crippen LogP contribution >= 0.6 is 11.8 Å². The van der Waals surface area contributed by atoms with Crippen molar-refractivity contribution in [1.29, 1.82) is 0 Å². The molecule has 0 aliphatic carbocycles. The number of rotatable bonds is 6. The molecule has 0 aliphatic heterocycles. The van der Waals surface area contributed by atoms with Gasteiger partial charge in [0.05, 0.1) is 12.1 Å². The standard InChI is InChI=1S/C23H20FN3S/c1-17(19-12-6-3-7-13-19)28-23-26-25-22(20-14-8-9-15-21(20)24)27(23)16-18-10-4-2-5-11-18/h2-15,17H,16H2,1H3/t17-/m0/s1. The molecule has 0 bridgehead atoms. The molecule has 1 atom stereocenters. The molecule has 1 heterocycles. The lowest BCUT2D eigenvalue weighted by molar-refractivity contribution is 0.626. The molecule has 0 spiro atoms. The molecule has 28 heavy (non-hydrogen) atoms. The van der Waals surface area contributed by atoms with Crippen molar-refractivity contribution in [3.05, 3.63) is 102 Å². The molecule has 0 fully saturated rings. The Balaban J connectivity index is 1.73. The minimum absolute atomic E-state index is 0.202. The van der Waals surface area contributed by atoms with Gasteiger partial charge in [-0.05, 0) is 30.2 Å². The van der Waals surface area contributed by atoms with Gasteiger partial charge in [0.25, 0.3) is 0 Å². The molecular weight excluding hydrogens is 369 g/mol. The zero-order valence-electron chi connectivity index (χ0n) is 15.5. The lowest BCUT2D eigenvalue weighted by Gasteiger charge is -2.14. The van der Waals surface area contributed by atoms with E-state index in [9.17, 15) is 4.39 Å². The zero-order chi connectivity index (χ0) is 19.3. The number of nitrogens with zero attached hydrogens (tertiary/aromatic N) is 3. The number of aromatic nitrogens is 3. The summed E-state index contributed by atoms with van der Waals surface area (Å²) in [6.07, 6.45) is 0. The molecular formula is C23H20FN3S. The summed E-state index contributed by atoms with van der Waals surface area (Å²) in [5.41, 5.74) is 2.80. The first-order valence-electron chi connectivity index (χ1n) is 9.16. The molecule has 5 heteroatoms. The van der Waals surface area contributed by atoms with Gasteiger partial charge in [-0.25, -0.2) is 4.39 Å². The van der Waals surface area contributed by atoms with E-state index in [4.69, 9.17) is 0 Å². The molecule has 140 valence electrons. The van der Waals surface area contributed by atoms with E-state index in [2.05, 4.69) is 41.4 Å². The Kier molecular flexibility index (Phi) is 5.53. The van der Waals surface area contributed by atoms with Crippen LogP contribution in [0.25, 0.3) is 11.4 Å². The van der Waals surface area contributed by atoms with Crippen LogP contribution in [0.4, 0.5) is 4.39 Å². The zero-order valence-corrected chi connectivity index (χ0v) is 16.3. The smallest absolute Gasteiger partial charge is 0.192 e. The number of thioether (sulfide) groups is 1. The summed E-state index contributed by atoms with van der Waals surface area (Å²) in [5.74, 6) is 0.251. The first kappa shape index (κ1) is 18.4. The second-order valence-corrected chi connectivity index (χ2v) is 7.84. The predicted octanol–water partition coefficient (Wildman–Crippen LogP) is 5.99. The molecule has 0 saturated heterocycles. The highest BCUT2D eigenvalue weighted by Crippen LogP contribution is 2.36. The van der Waals surface area contributed by atoms with Gasteiger partial charge in [-0.3, -0.25) is 4.57 Å². The van der Waals surface area contributed by atoms with Gasteiger partial charge in [0, 0.05) is 5.25 Å². The molecule has 0 N–H and O–H groups in total. The summed E-state index contributed by atoms with van der Waals surface area (Å²) in [4.78, 5) is 0. The van der Waals surface area contributed by atoms with E-state index in [-0.39, 0.29) is 11.1 Å². The predicted molar refractivity (Wildman–Crippen MR) is 112 cm³/mol. The summed E-state index contributed by atoms with van der Waals surface area (Å²) in [6, 6.07) is 27.1. The van der Waals surface area contributed by atoms with Crippen LogP contribution in [0.15, 0.2) is 90.1 Å². The largest absolute Gasteiger partial charge is 0.297 e. The van der Waals surface area contributed by atoms with E-state index in [1.807, 2.05) is 47.0 Å². The van der Waals surface area contributed by atoms with Crippen molar-refractivity contribution < 1.29 is 4.39 Å². The lowest BCUT2D eigenvalue weighted by Crippen LogP contribution is -2.05. The summed E-state index contributed by atoms with van der Waals surface area (Å²) < 4.78 is 16.4. The summed E-state index contributed by atoms with van der Waals surface area (Å²) in [5, 5.41) is 9.73. The molecule has 4 rings (SSSR count). The first-order chi connectivity index (χ1) is 13.7. The molecule has 3 nitrogen and oxygen atoms in total. The van der Waals surface area contributed by atoms with Crippen LogP contribution in [0.5, 0.6) is 0 Å². The third-order valence-electron chi connectivity index (χ3n) is 4.57. The van der Waals surface area contributed by atoms with Crippen molar-refractivity contribution in [3.8, 4) is 11.4 Å². The van der Waals surface area contributed by atoms with Gasteiger partial charge in [-0.15, -0.1) is 10.2 Å².